The first-order valence-corrected chi connectivity index (χ1v) is 6.34. The Hall–Kier alpha value is -1.12. The summed E-state index contributed by atoms with van der Waals surface area (Å²) in [6.45, 7) is 12.5. The molecule has 19 heavy (non-hydrogen) atoms. The van der Waals surface area contributed by atoms with Crippen LogP contribution in [0.2, 0.25) is 0 Å². The van der Waals surface area contributed by atoms with Crippen molar-refractivity contribution in [3.05, 3.63) is 47.5 Å². The molecule has 0 saturated heterocycles. The molecule has 1 aromatic carbocycles. The van der Waals surface area contributed by atoms with E-state index in [-0.39, 0.29) is 23.7 Å². The maximum Gasteiger partial charge on any atom is 0.159 e. The predicted octanol–water partition coefficient (Wildman–Crippen LogP) is 3.78. The van der Waals surface area contributed by atoms with Gasteiger partial charge in [0.1, 0.15) is 0 Å². The van der Waals surface area contributed by atoms with Gasteiger partial charge in [0.05, 0.1) is 0 Å². The van der Waals surface area contributed by atoms with Crippen LogP contribution in [0.4, 0.5) is 0 Å². The lowest BCUT2D eigenvalue weighted by atomic mass is 9.90. The molecule has 0 radical (unpaired) electrons. The quantitative estimate of drug-likeness (QED) is 0.804. The van der Waals surface area contributed by atoms with Gasteiger partial charge in [-0.1, -0.05) is 30.8 Å². The molecule has 0 heterocycles. The number of nitrogens with one attached hydrogen (secondary N) is 1. The van der Waals surface area contributed by atoms with Crippen LogP contribution in [0.3, 0.4) is 0 Å². The molecule has 0 aliphatic rings. The van der Waals surface area contributed by atoms with Gasteiger partial charge in [-0.2, -0.15) is 0 Å². The molecule has 0 amide bonds. The minimum absolute atomic E-state index is 0. The fourth-order valence-electron chi connectivity index (χ4n) is 2.07. The third-order valence-corrected chi connectivity index (χ3v) is 3.21. The van der Waals surface area contributed by atoms with E-state index in [2.05, 4.69) is 44.8 Å². The highest BCUT2D eigenvalue weighted by Gasteiger charge is 2.21. The number of benzene rings is 1. The number of halogens is 1. The second-order valence-electron chi connectivity index (χ2n) is 5.32. The van der Waals surface area contributed by atoms with Gasteiger partial charge in [0.15, 0.2) is 5.78 Å². The Balaban J connectivity index is 0.00000324. The summed E-state index contributed by atoms with van der Waals surface area (Å²) in [5.74, 6) is 0.128. The second-order valence-corrected chi connectivity index (χ2v) is 5.32. The van der Waals surface area contributed by atoms with E-state index < -0.39 is 0 Å². The first kappa shape index (κ1) is 17.9. The summed E-state index contributed by atoms with van der Waals surface area (Å²) in [6, 6.07) is 8.32. The smallest absolute Gasteiger partial charge is 0.159 e. The molecular formula is C16H24ClNO. The van der Waals surface area contributed by atoms with Crippen LogP contribution in [-0.4, -0.2) is 12.3 Å². The topological polar surface area (TPSA) is 29.1 Å². The van der Waals surface area contributed by atoms with Crippen molar-refractivity contribution in [1.82, 2.24) is 5.32 Å². The summed E-state index contributed by atoms with van der Waals surface area (Å²) in [4.78, 5) is 11.5. The third-order valence-electron chi connectivity index (χ3n) is 3.21. The van der Waals surface area contributed by atoms with Gasteiger partial charge in [-0.05, 0) is 44.4 Å². The SMILES string of the molecule is C=C(C)C(=O)CCNC(C)(C)c1ccccc1C.Cl. The first-order chi connectivity index (χ1) is 8.34. The highest BCUT2D eigenvalue weighted by Crippen LogP contribution is 2.23. The molecule has 106 valence electrons. The Kier molecular flexibility index (Phi) is 7.02. The molecule has 0 saturated carbocycles. The molecule has 1 aromatic rings. The summed E-state index contributed by atoms with van der Waals surface area (Å²) in [5, 5.41) is 3.44. The number of rotatable bonds is 6. The van der Waals surface area contributed by atoms with E-state index >= 15 is 0 Å². The van der Waals surface area contributed by atoms with Gasteiger partial charge in [0, 0.05) is 18.5 Å². The molecular weight excluding hydrogens is 258 g/mol. The molecule has 2 nitrogen and oxygen atoms in total. The van der Waals surface area contributed by atoms with Crippen LogP contribution in [0.25, 0.3) is 0 Å². The normalized spacial score (nSPS) is 10.7. The van der Waals surface area contributed by atoms with E-state index in [0.29, 0.717) is 18.5 Å². The zero-order valence-electron chi connectivity index (χ0n) is 12.2. The number of hydrogen-bond donors (Lipinski definition) is 1. The van der Waals surface area contributed by atoms with E-state index in [1.165, 1.54) is 11.1 Å². The fourth-order valence-corrected chi connectivity index (χ4v) is 2.07. The highest BCUT2D eigenvalue weighted by molar-refractivity contribution is 5.94. The minimum atomic E-state index is -0.124. The lowest BCUT2D eigenvalue weighted by molar-refractivity contribution is -0.115. The molecule has 3 heteroatoms. The molecule has 0 aliphatic heterocycles. The molecule has 0 aromatic heterocycles. The van der Waals surface area contributed by atoms with Crippen molar-refractivity contribution in [3.63, 3.8) is 0 Å². The lowest BCUT2D eigenvalue weighted by Crippen LogP contribution is -2.38. The monoisotopic (exact) mass is 281 g/mol. The summed E-state index contributed by atoms with van der Waals surface area (Å²) in [6.07, 6.45) is 0.505. The van der Waals surface area contributed by atoms with Crippen molar-refractivity contribution in [3.8, 4) is 0 Å². The largest absolute Gasteiger partial charge is 0.307 e. The average Bonchev–Trinajstić information content (AvgIpc) is 2.28. The van der Waals surface area contributed by atoms with E-state index in [0.717, 1.165) is 0 Å². The molecule has 0 aliphatic carbocycles. The van der Waals surface area contributed by atoms with Gasteiger partial charge in [-0.15, -0.1) is 12.4 Å². The maximum atomic E-state index is 11.5. The maximum absolute atomic E-state index is 11.5. The summed E-state index contributed by atoms with van der Waals surface area (Å²) in [7, 11) is 0. The standard InChI is InChI=1S/C16H23NO.ClH/c1-12(2)15(18)10-11-17-16(4,5)14-9-7-6-8-13(14)3;/h6-9,17H,1,10-11H2,2-5H3;1H. The Bertz CT molecular complexity index is 452. The second kappa shape index (κ2) is 7.46. The Labute approximate surface area is 122 Å². The fraction of sp³-hybridized carbons (Fsp3) is 0.438. The van der Waals surface area contributed by atoms with Crippen molar-refractivity contribution < 1.29 is 4.79 Å². The van der Waals surface area contributed by atoms with Gasteiger partial charge >= 0.3 is 0 Å². The van der Waals surface area contributed by atoms with Crippen LogP contribution in [-0.2, 0) is 10.3 Å². The van der Waals surface area contributed by atoms with E-state index in [4.69, 9.17) is 0 Å². The van der Waals surface area contributed by atoms with Gasteiger partial charge in [-0.25, -0.2) is 0 Å². The number of hydrogen-bond acceptors (Lipinski definition) is 2. The van der Waals surface area contributed by atoms with Crippen molar-refractivity contribution in [2.45, 2.75) is 39.7 Å². The van der Waals surface area contributed by atoms with Crippen LogP contribution in [0, 0.1) is 6.92 Å². The molecule has 1 N–H and O–H groups in total. The number of allylic oxidation sites excluding steroid dienone is 1. The zero-order chi connectivity index (χ0) is 13.8. The van der Waals surface area contributed by atoms with E-state index in [1.54, 1.807) is 6.92 Å². The number of carbonyl (C=O) groups is 1. The van der Waals surface area contributed by atoms with Gasteiger partial charge in [0.25, 0.3) is 0 Å². The molecule has 0 unspecified atom stereocenters. The van der Waals surface area contributed by atoms with Crippen LogP contribution in [0.1, 0.15) is 38.3 Å². The summed E-state index contributed by atoms with van der Waals surface area (Å²) < 4.78 is 0. The van der Waals surface area contributed by atoms with Crippen LogP contribution >= 0.6 is 12.4 Å². The zero-order valence-corrected chi connectivity index (χ0v) is 13.1. The minimum Gasteiger partial charge on any atom is -0.307 e. The van der Waals surface area contributed by atoms with Gasteiger partial charge in [-0.3, -0.25) is 4.79 Å². The van der Waals surface area contributed by atoms with Gasteiger partial charge in [0.2, 0.25) is 0 Å². The van der Waals surface area contributed by atoms with E-state index in [1.807, 2.05) is 12.1 Å². The Morgan fingerprint density at radius 1 is 1.32 bits per heavy atom. The van der Waals surface area contributed by atoms with Crippen molar-refractivity contribution >= 4 is 18.2 Å². The highest BCUT2D eigenvalue weighted by atomic mass is 35.5. The number of aryl methyl sites for hydroxylation is 1. The van der Waals surface area contributed by atoms with E-state index in [9.17, 15) is 4.79 Å². The average molecular weight is 282 g/mol. The van der Waals surface area contributed by atoms with Crippen molar-refractivity contribution in [2.75, 3.05) is 6.54 Å². The van der Waals surface area contributed by atoms with Crippen LogP contribution in [0.5, 0.6) is 0 Å². The summed E-state index contributed by atoms with van der Waals surface area (Å²) >= 11 is 0. The molecule has 0 bridgehead atoms. The molecule has 1 rings (SSSR count). The lowest BCUT2D eigenvalue weighted by Gasteiger charge is -2.28. The number of carbonyl (C=O) groups excluding carboxylic acids is 1. The Morgan fingerprint density at radius 2 is 1.89 bits per heavy atom. The predicted molar refractivity (Wildman–Crippen MR) is 83.9 cm³/mol. The third kappa shape index (κ3) is 5.17. The first-order valence-electron chi connectivity index (χ1n) is 6.34. The van der Waals surface area contributed by atoms with Crippen LogP contribution < -0.4 is 5.32 Å². The number of Topliss-reactive ketones (excluding diaryl/α,β-unsaturated/α-hetero) is 1. The number of ketones is 1. The van der Waals surface area contributed by atoms with Crippen LogP contribution in [0.15, 0.2) is 36.4 Å². The Morgan fingerprint density at radius 3 is 2.42 bits per heavy atom. The molecule has 0 spiro atoms. The summed E-state index contributed by atoms with van der Waals surface area (Å²) in [5.41, 5.74) is 3.04. The molecule has 0 fully saturated rings. The van der Waals surface area contributed by atoms with Gasteiger partial charge < -0.3 is 5.32 Å². The molecule has 0 atom stereocenters. The van der Waals surface area contributed by atoms with Crippen molar-refractivity contribution in [1.29, 1.82) is 0 Å². The van der Waals surface area contributed by atoms with Crippen molar-refractivity contribution in [2.24, 2.45) is 0 Å².